The van der Waals surface area contributed by atoms with Gasteiger partial charge in [-0.05, 0) is 44.5 Å². The first-order valence-electron chi connectivity index (χ1n) is 10.9. The van der Waals surface area contributed by atoms with Crippen LogP contribution in [-0.2, 0) is 10.0 Å². The Kier molecular flexibility index (Phi) is 6.24. The fourth-order valence-electron chi connectivity index (χ4n) is 3.76. The van der Waals surface area contributed by atoms with Crippen LogP contribution in [0.3, 0.4) is 0 Å². The Morgan fingerprint density at radius 1 is 1.06 bits per heavy atom. The molecule has 0 atom stereocenters. The third kappa shape index (κ3) is 4.20. The van der Waals surface area contributed by atoms with E-state index in [9.17, 15) is 13.2 Å². The highest BCUT2D eigenvalue weighted by Gasteiger charge is 2.24. The molecule has 9 heteroatoms. The SMILES string of the molecule is Cc1ccccc1-c1cc(C(=O)Nc2ccccc2S(=O)(=O)N(C)C)c2cnn(C(C)C)c2n1. The highest BCUT2D eigenvalue weighted by Crippen LogP contribution is 2.30. The Morgan fingerprint density at radius 3 is 2.41 bits per heavy atom. The summed E-state index contributed by atoms with van der Waals surface area (Å²) in [6, 6.07) is 16.0. The van der Waals surface area contributed by atoms with Gasteiger partial charge in [-0.25, -0.2) is 22.4 Å². The molecule has 4 aromatic rings. The molecule has 8 nitrogen and oxygen atoms in total. The van der Waals surface area contributed by atoms with Gasteiger partial charge in [0.2, 0.25) is 10.0 Å². The summed E-state index contributed by atoms with van der Waals surface area (Å²) in [7, 11) is -0.845. The summed E-state index contributed by atoms with van der Waals surface area (Å²) in [6.45, 7) is 5.98. The average Bonchev–Trinajstić information content (AvgIpc) is 3.23. The number of carbonyl (C=O) groups excluding carboxylic acids is 1. The summed E-state index contributed by atoms with van der Waals surface area (Å²) in [5.41, 5.74) is 3.75. The molecule has 0 aliphatic rings. The number of rotatable bonds is 6. The maximum absolute atomic E-state index is 13.5. The molecule has 1 N–H and O–H groups in total. The smallest absolute Gasteiger partial charge is 0.256 e. The molecular formula is C25H27N5O3S. The number of sulfonamides is 1. The first kappa shape index (κ1) is 23.6. The molecule has 176 valence electrons. The maximum Gasteiger partial charge on any atom is 0.256 e. The van der Waals surface area contributed by atoms with E-state index in [-0.39, 0.29) is 16.6 Å². The van der Waals surface area contributed by atoms with Crippen LogP contribution in [0.5, 0.6) is 0 Å². The lowest BCUT2D eigenvalue weighted by Gasteiger charge is -2.16. The molecular weight excluding hydrogens is 450 g/mol. The van der Waals surface area contributed by atoms with E-state index in [1.807, 2.05) is 45.0 Å². The van der Waals surface area contributed by atoms with Crippen molar-refractivity contribution in [1.29, 1.82) is 0 Å². The molecule has 0 radical (unpaired) electrons. The van der Waals surface area contributed by atoms with Crippen molar-refractivity contribution in [2.75, 3.05) is 19.4 Å². The quantitative estimate of drug-likeness (QED) is 0.441. The Hall–Kier alpha value is -3.56. The summed E-state index contributed by atoms with van der Waals surface area (Å²) in [4.78, 5) is 18.4. The summed E-state index contributed by atoms with van der Waals surface area (Å²) >= 11 is 0. The first-order valence-corrected chi connectivity index (χ1v) is 12.3. The molecule has 0 aliphatic carbocycles. The van der Waals surface area contributed by atoms with Crippen LogP contribution in [-0.4, -0.2) is 47.5 Å². The van der Waals surface area contributed by atoms with E-state index in [2.05, 4.69) is 10.4 Å². The van der Waals surface area contributed by atoms with Crippen molar-refractivity contribution < 1.29 is 13.2 Å². The van der Waals surface area contributed by atoms with Crippen LogP contribution >= 0.6 is 0 Å². The predicted octanol–water partition coefficient (Wildman–Crippen LogP) is 4.49. The van der Waals surface area contributed by atoms with E-state index in [0.29, 0.717) is 22.3 Å². The van der Waals surface area contributed by atoms with Crippen molar-refractivity contribution in [3.63, 3.8) is 0 Å². The Bertz CT molecular complexity index is 1490. The van der Waals surface area contributed by atoms with E-state index in [1.165, 1.54) is 20.2 Å². The second-order valence-electron chi connectivity index (χ2n) is 8.53. The van der Waals surface area contributed by atoms with Gasteiger partial charge in [-0.3, -0.25) is 4.79 Å². The summed E-state index contributed by atoms with van der Waals surface area (Å²) < 4.78 is 28.5. The molecule has 0 saturated carbocycles. The number of hydrogen-bond donors (Lipinski definition) is 1. The number of amides is 1. The highest BCUT2D eigenvalue weighted by atomic mass is 32.2. The fraction of sp³-hybridized carbons (Fsp3) is 0.240. The third-order valence-corrected chi connectivity index (χ3v) is 7.49. The number of aromatic nitrogens is 3. The zero-order valence-corrected chi connectivity index (χ0v) is 20.6. The zero-order valence-electron chi connectivity index (χ0n) is 19.8. The standard InChI is InChI=1S/C25H27N5O3S/c1-16(2)30-24-20(15-26-30)19(14-22(27-24)18-11-7-6-10-17(18)3)25(31)28-21-12-8-9-13-23(21)34(32,33)29(4)5/h6-16H,1-5H3,(H,28,31). The normalized spacial score (nSPS) is 12.0. The number of nitrogens with one attached hydrogen (secondary N) is 1. The van der Waals surface area contributed by atoms with Crippen molar-refractivity contribution in [1.82, 2.24) is 19.1 Å². The minimum Gasteiger partial charge on any atom is -0.321 e. The van der Waals surface area contributed by atoms with Crippen molar-refractivity contribution in [2.45, 2.75) is 31.7 Å². The van der Waals surface area contributed by atoms with Crippen molar-refractivity contribution in [3.8, 4) is 11.3 Å². The van der Waals surface area contributed by atoms with Crippen molar-refractivity contribution in [3.05, 3.63) is 71.9 Å². The molecule has 34 heavy (non-hydrogen) atoms. The number of anilines is 1. The van der Waals surface area contributed by atoms with Gasteiger partial charge in [0.15, 0.2) is 5.65 Å². The number of para-hydroxylation sites is 1. The second kappa shape index (κ2) is 9.00. The number of benzene rings is 2. The van der Waals surface area contributed by atoms with Crippen LogP contribution < -0.4 is 5.32 Å². The van der Waals surface area contributed by atoms with Crippen molar-refractivity contribution >= 4 is 32.7 Å². The minimum absolute atomic E-state index is 0.0238. The van der Waals surface area contributed by atoms with E-state index < -0.39 is 15.9 Å². The van der Waals surface area contributed by atoms with Crippen LogP contribution in [0.1, 0.15) is 35.8 Å². The van der Waals surface area contributed by atoms with Gasteiger partial charge in [0.1, 0.15) is 4.90 Å². The number of hydrogen-bond acceptors (Lipinski definition) is 5. The van der Waals surface area contributed by atoms with Crippen LogP contribution in [0.15, 0.2) is 65.7 Å². The van der Waals surface area contributed by atoms with Gasteiger partial charge in [0, 0.05) is 25.7 Å². The molecule has 2 heterocycles. The van der Waals surface area contributed by atoms with E-state index in [1.54, 1.807) is 35.1 Å². The van der Waals surface area contributed by atoms with Gasteiger partial charge in [-0.1, -0.05) is 36.4 Å². The predicted molar refractivity (Wildman–Crippen MR) is 133 cm³/mol. The van der Waals surface area contributed by atoms with Gasteiger partial charge in [0.25, 0.3) is 5.91 Å². The largest absolute Gasteiger partial charge is 0.321 e. The molecule has 0 unspecified atom stereocenters. The zero-order chi connectivity index (χ0) is 24.6. The monoisotopic (exact) mass is 477 g/mol. The maximum atomic E-state index is 13.5. The molecule has 2 aromatic heterocycles. The lowest BCUT2D eigenvalue weighted by atomic mass is 10.0. The second-order valence-corrected chi connectivity index (χ2v) is 10.6. The van der Waals surface area contributed by atoms with E-state index in [4.69, 9.17) is 4.98 Å². The number of fused-ring (bicyclic) bond motifs is 1. The Labute approximate surface area is 199 Å². The highest BCUT2D eigenvalue weighted by molar-refractivity contribution is 7.89. The van der Waals surface area contributed by atoms with Crippen LogP contribution in [0.25, 0.3) is 22.3 Å². The topological polar surface area (TPSA) is 97.2 Å². The van der Waals surface area contributed by atoms with Crippen LogP contribution in [0.2, 0.25) is 0 Å². The molecule has 0 saturated heterocycles. The number of pyridine rings is 1. The first-order chi connectivity index (χ1) is 16.1. The summed E-state index contributed by atoms with van der Waals surface area (Å²) in [5.74, 6) is -0.438. The lowest BCUT2D eigenvalue weighted by molar-refractivity contribution is 0.102. The lowest BCUT2D eigenvalue weighted by Crippen LogP contribution is -2.24. The number of carbonyl (C=O) groups is 1. The molecule has 0 fully saturated rings. The van der Waals surface area contributed by atoms with E-state index >= 15 is 0 Å². The molecule has 2 aromatic carbocycles. The van der Waals surface area contributed by atoms with Gasteiger partial charge in [-0.2, -0.15) is 5.10 Å². The van der Waals surface area contributed by atoms with Gasteiger partial charge in [-0.15, -0.1) is 0 Å². The van der Waals surface area contributed by atoms with Crippen molar-refractivity contribution in [2.24, 2.45) is 0 Å². The summed E-state index contributed by atoms with van der Waals surface area (Å²) in [6.07, 6.45) is 1.63. The van der Waals surface area contributed by atoms with Crippen LogP contribution in [0.4, 0.5) is 5.69 Å². The van der Waals surface area contributed by atoms with Gasteiger partial charge >= 0.3 is 0 Å². The molecule has 0 bridgehead atoms. The molecule has 0 aliphatic heterocycles. The molecule has 0 spiro atoms. The van der Waals surface area contributed by atoms with Gasteiger partial charge in [0.05, 0.1) is 28.5 Å². The Balaban J connectivity index is 1.87. The minimum atomic E-state index is -3.75. The number of nitrogens with zero attached hydrogens (tertiary/aromatic N) is 4. The Morgan fingerprint density at radius 2 is 1.74 bits per heavy atom. The molecule has 4 rings (SSSR count). The third-order valence-electron chi connectivity index (χ3n) is 5.62. The van der Waals surface area contributed by atoms with E-state index in [0.717, 1.165) is 15.4 Å². The molecule has 1 amide bonds. The fourth-order valence-corrected chi connectivity index (χ4v) is 4.80. The number of aryl methyl sites for hydroxylation is 1. The summed E-state index contributed by atoms with van der Waals surface area (Å²) in [5, 5.41) is 7.85. The average molecular weight is 478 g/mol. The van der Waals surface area contributed by atoms with Gasteiger partial charge < -0.3 is 5.32 Å². The van der Waals surface area contributed by atoms with Crippen LogP contribution in [0, 0.1) is 6.92 Å².